The van der Waals surface area contributed by atoms with Crippen LogP contribution >= 0.6 is 0 Å². The van der Waals surface area contributed by atoms with E-state index in [2.05, 4.69) is 15.4 Å². The molecular weight excluding hydrogens is 404 g/mol. The van der Waals surface area contributed by atoms with Crippen LogP contribution in [0.4, 0.5) is 20.4 Å². The van der Waals surface area contributed by atoms with Gasteiger partial charge in [-0.3, -0.25) is 0 Å². The summed E-state index contributed by atoms with van der Waals surface area (Å²) in [6.07, 6.45) is 1.45. The smallest absolute Gasteiger partial charge is 0.339 e. The van der Waals surface area contributed by atoms with E-state index in [1.165, 1.54) is 47.3 Å². The fraction of sp³-hybridized carbons (Fsp3) is 0.0455. The second kappa shape index (κ2) is 8.33. The van der Waals surface area contributed by atoms with Crippen LogP contribution in [-0.4, -0.2) is 25.8 Å². The first-order valence-corrected chi connectivity index (χ1v) is 9.26. The van der Waals surface area contributed by atoms with Crippen LogP contribution in [0.3, 0.4) is 0 Å². The number of carbonyl (C=O) groups is 1. The molecule has 7 nitrogen and oxygen atoms in total. The molecule has 0 aliphatic rings. The molecule has 31 heavy (non-hydrogen) atoms. The van der Waals surface area contributed by atoms with Gasteiger partial charge in [-0.15, -0.1) is 0 Å². The molecule has 0 aliphatic heterocycles. The number of nitrogens with two attached hydrogens (primary N) is 1. The number of nitrogens with zero attached hydrogens (tertiary/aromatic N) is 3. The summed E-state index contributed by atoms with van der Waals surface area (Å²) in [6.45, 7) is 0.130. The van der Waals surface area contributed by atoms with E-state index in [1.807, 2.05) is 0 Å². The second-order valence-corrected chi connectivity index (χ2v) is 6.64. The van der Waals surface area contributed by atoms with Gasteiger partial charge in [0.1, 0.15) is 28.8 Å². The van der Waals surface area contributed by atoms with Crippen molar-refractivity contribution in [3.8, 4) is 16.9 Å². The number of rotatable bonds is 6. The molecule has 2 aromatic heterocycles. The molecule has 0 unspecified atom stereocenters. The van der Waals surface area contributed by atoms with Gasteiger partial charge in [-0.2, -0.15) is 5.10 Å². The maximum Gasteiger partial charge on any atom is 0.339 e. The van der Waals surface area contributed by atoms with Gasteiger partial charge in [-0.25, -0.2) is 23.2 Å². The molecule has 0 saturated carbocycles. The Hall–Kier alpha value is -4.11. The van der Waals surface area contributed by atoms with Crippen LogP contribution in [0.15, 0.2) is 66.9 Å². The van der Waals surface area contributed by atoms with E-state index >= 15 is 0 Å². The molecule has 9 heteroatoms. The number of aromatic carboxylic acids is 1. The molecule has 0 spiro atoms. The predicted octanol–water partition coefficient (Wildman–Crippen LogP) is 4.11. The van der Waals surface area contributed by atoms with Gasteiger partial charge in [0.15, 0.2) is 0 Å². The molecule has 4 rings (SSSR count). The fourth-order valence-corrected chi connectivity index (χ4v) is 3.12. The largest absolute Gasteiger partial charge is 0.478 e. The summed E-state index contributed by atoms with van der Waals surface area (Å²) in [5, 5.41) is 17.0. The lowest BCUT2D eigenvalue weighted by Gasteiger charge is -2.13. The maximum absolute atomic E-state index is 14.0. The highest BCUT2D eigenvalue weighted by molar-refractivity contribution is 5.93. The lowest BCUT2D eigenvalue weighted by atomic mass is 10.1. The number of hydrogen-bond acceptors (Lipinski definition) is 5. The SMILES string of the molecule is NCc1ccc(F)cc1-n1nc(-c2ccc(F)cc2)cc1Nc1ncccc1C(=O)O. The van der Waals surface area contributed by atoms with Gasteiger partial charge >= 0.3 is 5.97 Å². The third-order valence-electron chi connectivity index (χ3n) is 4.63. The van der Waals surface area contributed by atoms with Gasteiger partial charge in [0.2, 0.25) is 0 Å². The Morgan fingerprint density at radius 3 is 2.52 bits per heavy atom. The van der Waals surface area contributed by atoms with E-state index in [9.17, 15) is 18.7 Å². The predicted molar refractivity (Wildman–Crippen MR) is 111 cm³/mol. The van der Waals surface area contributed by atoms with Crippen LogP contribution < -0.4 is 11.1 Å². The molecule has 4 N–H and O–H groups in total. The monoisotopic (exact) mass is 421 g/mol. The summed E-state index contributed by atoms with van der Waals surface area (Å²) in [7, 11) is 0. The third-order valence-corrected chi connectivity index (χ3v) is 4.63. The fourth-order valence-electron chi connectivity index (χ4n) is 3.12. The Bertz CT molecular complexity index is 1260. The van der Waals surface area contributed by atoms with Crippen molar-refractivity contribution in [2.24, 2.45) is 5.73 Å². The highest BCUT2D eigenvalue weighted by Crippen LogP contribution is 2.29. The molecule has 0 radical (unpaired) electrons. The first-order chi connectivity index (χ1) is 15.0. The molecule has 2 aromatic carbocycles. The number of halogens is 2. The van der Waals surface area contributed by atoms with E-state index in [0.717, 1.165) is 0 Å². The van der Waals surface area contributed by atoms with Crippen molar-refractivity contribution in [3.63, 3.8) is 0 Å². The number of pyridine rings is 1. The summed E-state index contributed by atoms with van der Waals surface area (Å²) in [5.74, 6) is -1.61. The summed E-state index contributed by atoms with van der Waals surface area (Å²) in [5.41, 5.74) is 7.86. The van der Waals surface area contributed by atoms with Crippen molar-refractivity contribution in [3.05, 3.63) is 89.6 Å². The summed E-state index contributed by atoms with van der Waals surface area (Å²) >= 11 is 0. The third kappa shape index (κ3) is 4.12. The normalized spacial score (nSPS) is 10.8. The lowest BCUT2D eigenvalue weighted by Crippen LogP contribution is -2.11. The van der Waals surface area contributed by atoms with Crippen LogP contribution in [0.25, 0.3) is 16.9 Å². The van der Waals surface area contributed by atoms with Crippen molar-refractivity contribution >= 4 is 17.6 Å². The van der Waals surface area contributed by atoms with Gasteiger partial charge in [0.05, 0.1) is 11.4 Å². The number of aromatic nitrogens is 3. The van der Waals surface area contributed by atoms with Crippen LogP contribution in [0, 0.1) is 11.6 Å². The van der Waals surface area contributed by atoms with Crippen molar-refractivity contribution in [1.82, 2.24) is 14.8 Å². The van der Waals surface area contributed by atoms with Crippen molar-refractivity contribution in [1.29, 1.82) is 0 Å². The average Bonchev–Trinajstić information content (AvgIpc) is 3.18. The Morgan fingerprint density at radius 2 is 1.81 bits per heavy atom. The molecule has 0 aliphatic carbocycles. The summed E-state index contributed by atoms with van der Waals surface area (Å²) in [6, 6.07) is 14.4. The van der Waals surface area contributed by atoms with Crippen LogP contribution in [-0.2, 0) is 6.54 Å². The van der Waals surface area contributed by atoms with E-state index in [1.54, 1.807) is 24.3 Å². The number of benzene rings is 2. The van der Waals surface area contributed by atoms with Crippen molar-refractivity contribution in [2.45, 2.75) is 6.54 Å². The van der Waals surface area contributed by atoms with Crippen LogP contribution in [0.5, 0.6) is 0 Å². The Balaban J connectivity index is 1.88. The second-order valence-electron chi connectivity index (χ2n) is 6.64. The molecule has 0 atom stereocenters. The molecule has 0 amide bonds. The van der Waals surface area contributed by atoms with Crippen LogP contribution in [0.1, 0.15) is 15.9 Å². The van der Waals surface area contributed by atoms with E-state index in [0.29, 0.717) is 28.3 Å². The average molecular weight is 421 g/mol. The van der Waals surface area contributed by atoms with E-state index in [-0.39, 0.29) is 17.9 Å². The first-order valence-electron chi connectivity index (χ1n) is 9.26. The zero-order valence-electron chi connectivity index (χ0n) is 16.1. The maximum atomic E-state index is 14.0. The Morgan fingerprint density at radius 1 is 1.06 bits per heavy atom. The summed E-state index contributed by atoms with van der Waals surface area (Å²) < 4.78 is 28.8. The van der Waals surface area contributed by atoms with E-state index in [4.69, 9.17) is 5.73 Å². The Labute approximate surface area is 175 Å². The van der Waals surface area contributed by atoms with Gasteiger partial charge in [-0.05, 0) is 54.1 Å². The minimum absolute atomic E-state index is 0.0446. The first kappa shape index (κ1) is 20.2. The molecule has 0 bridgehead atoms. The molecule has 4 aromatic rings. The van der Waals surface area contributed by atoms with Crippen molar-refractivity contribution in [2.75, 3.05) is 5.32 Å². The quantitative estimate of drug-likeness (QED) is 0.433. The van der Waals surface area contributed by atoms with Gasteiger partial charge in [0.25, 0.3) is 0 Å². The highest BCUT2D eigenvalue weighted by atomic mass is 19.1. The van der Waals surface area contributed by atoms with Gasteiger partial charge < -0.3 is 16.2 Å². The van der Waals surface area contributed by atoms with Crippen molar-refractivity contribution < 1.29 is 18.7 Å². The van der Waals surface area contributed by atoms with Gasteiger partial charge in [0, 0.05) is 24.4 Å². The molecule has 0 fully saturated rings. The zero-order chi connectivity index (χ0) is 22.0. The number of carboxylic acid groups (broad SMARTS) is 1. The topological polar surface area (TPSA) is 106 Å². The molecule has 0 saturated heterocycles. The lowest BCUT2D eigenvalue weighted by molar-refractivity contribution is 0.0697. The molecule has 2 heterocycles. The van der Waals surface area contributed by atoms with E-state index < -0.39 is 17.6 Å². The number of hydrogen-bond donors (Lipinski definition) is 3. The number of anilines is 2. The Kier molecular flexibility index (Phi) is 5.42. The summed E-state index contributed by atoms with van der Waals surface area (Å²) in [4.78, 5) is 15.7. The number of nitrogens with one attached hydrogen (secondary N) is 1. The molecular formula is C22H17F2N5O2. The minimum atomic E-state index is -1.16. The minimum Gasteiger partial charge on any atom is -0.478 e. The molecule has 156 valence electrons. The van der Waals surface area contributed by atoms with Crippen LogP contribution in [0.2, 0.25) is 0 Å². The highest BCUT2D eigenvalue weighted by Gasteiger charge is 2.18. The standard InChI is InChI=1S/C22H17F2N5O2/c23-15-6-3-13(4-7-15)18-11-20(27-21-17(22(30)31)2-1-9-26-21)29(28-18)19-10-16(24)8-5-14(19)12-25/h1-11H,12,25H2,(H,26,27)(H,30,31). The zero-order valence-corrected chi connectivity index (χ0v) is 16.1. The number of carboxylic acids is 1. The van der Waals surface area contributed by atoms with Gasteiger partial charge in [-0.1, -0.05) is 6.07 Å².